The van der Waals surface area contributed by atoms with E-state index in [1.54, 1.807) is 43.9 Å². The van der Waals surface area contributed by atoms with E-state index in [4.69, 9.17) is 4.74 Å². The van der Waals surface area contributed by atoms with Crippen molar-refractivity contribution in [3.05, 3.63) is 24.3 Å². The van der Waals surface area contributed by atoms with Gasteiger partial charge in [0.2, 0.25) is 0 Å². The van der Waals surface area contributed by atoms with Crippen molar-refractivity contribution in [1.82, 2.24) is 9.80 Å². The van der Waals surface area contributed by atoms with Gasteiger partial charge in [0.1, 0.15) is 17.3 Å². The van der Waals surface area contributed by atoms with E-state index >= 15 is 0 Å². The van der Waals surface area contributed by atoms with Gasteiger partial charge >= 0.3 is 12.1 Å². The number of rotatable bonds is 2. The standard InChI is InChI=1S/C17H25FN2O4/c1-16(2,3)24-15(23)19-9-10-20(12(11-19)14(21)22)13-7-5-6-8-17(13,4)18/h5-8,12-13H,9-11H2,1-4H3,(H,21,22). The predicted octanol–water partition coefficient (Wildman–Crippen LogP) is 2.22. The fourth-order valence-corrected chi connectivity index (χ4v) is 2.98. The van der Waals surface area contributed by atoms with Crippen LogP contribution < -0.4 is 0 Å². The molecule has 3 unspecified atom stereocenters. The van der Waals surface area contributed by atoms with Crippen LogP contribution in [-0.2, 0) is 9.53 Å². The fraction of sp³-hybridized carbons (Fsp3) is 0.647. The van der Waals surface area contributed by atoms with Gasteiger partial charge in [0.05, 0.1) is 12.6 Å². The number of piperazine rings is 1. The number of nitrogens with zero attached hydrogens (tertiary/aromatic N) is 2. The summed E-state index contributed by atoms with van der Waals surface area (Å²) < 4.78 is 20.1. The molecular formula is C17H25FN2O4. The van der Waals surface area contributed by atoms with E-state index in [1.807, 2.05) is 0 Å². The Kier molecular flexibility index (Phi) is 5.03. The average Bonchev–Trinajstić information content (AvgIpc) is 2.44. The number of hydrogen-bond acceptors (Lipinski definition) is 4. The molecule has 1 heterocycles. The van der Waals surface area contributed by atoms with Gasteiger partial charge in [-0.05, 0) is 33.8 Å². The van der Waals surface area contributed by atoms with E-state index < -0.39 is 35.4 Å². The highest BCUT2D eigenvalue weighted by Crippen LogP contribution is 2.30. The van der Waals surface area contributed by atoms with Crippen molar-refractivity contribution in [3.63, 3.8) is 0 Å². The first-order valence-corrected chi connectivity index (χ1v) is 8.03. The number of amides is 1. The molecule has 0 aromatic heterocycles. The Morgan fingerprint density at radius 3 is 2.50 bits per heavy atom. The van der Waals surface area contributed by atoms with E-state index in [1.165, 1.54) is 17.9 Å². The van der Waals surface area contributed by atoms with Crippen molar-refractivity contribution in [2.24, 2.45) is 0 Å². The Morgan fingerprint density at radius 2 is 1.96 bits per heavy atom. The van der Waals surface area contributed by atoms with Crippen LogP contribution >= 0.6 is 0 Å². The quantitative estimate of drug-likeness (QED) is 0.835. The molecule has 1 aliphatic carbocycles. The summed E-state index contributed by atoms with van der Waals surface area (Å²) in [6.45, 7) is 7.21. The minimum Gasteiger partial charge on any atom is -0.480 e. The number of hydrogen-bond donors (Lipinski definition) is 1. The van der Waals surface area contributed by atoms with Crippen molar-refractivity contribution in [3.8, 4) is 0 Å². The lowest BCUT2D eigenvalue weighted by molar-refractivity contribution is -0.147. The molecule has 24 heavy (non-hydrogen) atoms. The Balaban J connectivity index is 2.15. The highest BCUT2D eigenvalue weighted by atomic mass is 19.1. The molecule has 1 amide bonds. The highest BCUT2D eigenvalue weighted by Gasteiger charge is 2.44. The third-order valence-corrected chi connectivity index (χ3v) is 4.12. The van der Waals surface area contributed by atoms with Crippen molar-refractivity contribution in [2.45, 2.75) is 51.0 Å². The van der Waals surface area contributed by atoms with Crippen LogP contribution in [0.1, 0.15) is 27.7 Å². The van der Waals surface area contributed by atoms with E-state index in [-0.39, 0.29) is 13.1 Å². The monoisotopic (exact) mass is 340 g/mol. The van der Waals surface area contributed by atoms with E-state index in [0.717, 1.165) is 0 Å². The second kappa shape index (κ2) is 6.55. The number of alkyl halides is 1. The SMILES string of the molecule is CC(C)(C)OC(=O)N1CCN(C2C=CC=CC2(C)F)C(C(=O)O)C1. The second-order valence-corrected chi connectivity index (χ2v) is 7.36. The molecule has 0 bridgehead atoms. The Bertz CT molecular complexity index is 565. The van der Waals surface area contributed by atoms with E-state index in [2.05, 4.69) is 0 Å². The van der Waals surface area contributed by atoms with Crippen molar-refractivity contribution in [2.75, 3.05) is 19.6 Å². The topological polar surface area (TPSA) is 70.1 Å². The molecule has 0 spiro atoms. The maximum atomic E-state index is 14.8. The molecule has 1 aliphatic heterocycles. The van der Waals surface area contributed by atoms with Gasteiger partial charge in [0.25, 0.3) is 0 Å². The van der Waals surface area contributed by atoms with E-state index in [0.29, 0.717) is 6.54 Å². The van der Waals surface area contributed by atoms with Crippen LogP contribution in [0.3, 0.4) is 0 Å². The van der Waals surface area contributed by atoms with Crippen LogP contribution in [-0.4, -0.2) is 70.0 Å². The van der Waals surface area contributed by atoms with Crippen molar-refractivity contribution >= 4 is 12.1 Å². The molecule has 1 fully saturated rings. The molecule has 2 aliphatic rings. The van der Waals surface area contributed by atoms with Crippen LogP contribution in [0.25, 0.3) is 0 Å². The molecule has 0 radical (unpaired) electrons. The lowest BCUT2D eigenvalue weighted by Crippen LogP contribution is -2.63. The zero-order valence-corrected chi connectivity index (χ0v) is 14.5. The first-order valence-electron chi connectivity index (χ1n) is 8.03. The number of carbonyl (C=O) groups is 2. The van der Waals surface area contributed by atoms with Crippen molar-refractivity contribution in [1.29, 1.82) is 0 Å². The minimum absolute atomic E-state index is 0.0334. The maximum absolute atomic E-state index is 14.8. The third-order valence-electron chi connectivity index (χ3n) is 4.12. The molecule has 0 saturated carbocycles. The van der Waals surface area contributed by atoms with Crippen LogP contribution in [0.5, 0.6) is 0 Å². The summed E-state index contributed by atoms with van der Waals surface area (Å²) in [5.74, 6) is -1.08. The maximum Gasteiger partial charge on any atom is 0.410 e. The molecule has 7 heteroatoms. The molecule has 134 valence electrons. The van der Waals surface area contributed by atoms with Gasteiger partial charge in [-0.15, -0.1) is 0 Å². The second-order valence-electron chi connectivity index (χ2n) is 7.36. The molecule has 0 aromatic rings. The van der Waals surface area contributed by atoms with Crippen molar-refractivity contribution < 1.29 is 23.8 Å². The van der Waals surface area contributed by atoms with Crippen LogP contribution in [0, 0.1) is 0 Å². The molecular weight excluding hydrogens is 315 g/mol. The summed E-state index contributed by atoms with van der Waals surface area (Å²) in [5, 5.41) is 9.56. The number of carboxylic acids is 1. The average molecular weight is 340 g/mol. The van der Waals surface area contributed by atoms with Gasteiger partial charge in [0, 0.05) is 13.1 Å². The molecule has 1 saturated heterocycles. The van der Waals surface area contributed by atoms with Crippen LogP contribution in [0.4, 0.5) is 9.18 Å². The number of carbonyl (C=O) groups excluding carboxylic acids is 1. The lowest BCUT2D eigenvalue weighted by atomic mass is 9.90. The molecule has 3 atom stereocenters. The van der Waals surface area contributed by atoms with Gasteiger partial charge in [-0.1, -0.05) is 18.2 Å². The smallest absolute Gasteiger partial charge is 0.410 e. The lowest BCUT2D eigenvalue weighted by Gasteiger charge is -2.45. The van der Waals surface area contributed by atoms with Crippen LogP contribution in [0.2, 0.25) is 0 Å². The number of aliphatic carboxylic acids is 1. The number of allylic oxidation sites excluding steroid dienone is 2. The molecule has 2 rings (SSSR count). The summed E-state index contributed by atoms with van der Waals surface area (Å²) in [6, 6.07) is -1.66. The summed E-state index contributed by atoms with van der Waals surface area (Å²) in [7, 11) is 0. The molecule has 1 N–H and O–H groups in total. The largest absolute Gasteiger partial charge is 0.480 e. The number of ether oxygens (including phenoxy) is 1. The van der Waals surface area contributed by atoms with Gasteiger partial charge in [-0.2, -0.15) is 0 Å². The summed E-state index contributed by atoms with van der Waals surface area (Å²) in [5.41, 5.74) is -2.31. The Labute approximate surface area is 141 Å². The normalized spacial score (nSPS) is 31.1. The molecule has 0 aromatic carbocycles. The van der Waals surface area contributed by atoms with Gasteiger partial charge < -0.3 is 14.7 Å². The third kappa shape index (κ3) is 4.14. The first-order chi connectivity index (χ1) is 11.0. The fourth-order valence-electron chi connectivity index (χ4n) is 2.98. The zero-order chi connectivity index (χ0) is 18.1. The molecule has 6 nitrogen and oxygen atoms in total. The minimum atomic E-state index is -1.66. The predicted molar refractivity (Wildman–Crippen MR) is 87.5 cm³/mol. The summed E-state index contributed by atoms with van der Waals surface area (Å²) in [6.07, 6.45) is 5.88. The van der Waals surface area contributed by atoms with E-state index in [9.17, 15) is 19.1 Å². The number of carboxylic acid groups (broad SMARTS) is 1. The highest BCUT2D eigenvalue weighted by molar-refractivity contribution is 5.76. The van der Waals surface area contributed by atoms with Gasteiger partial charge in [-0.25, -0.2) is 9.18 Å². The zero-order valence-electron chi connectivity index (χ0n) is 14.5. The van der Waals surface area contributed by atoms with Crippen LogP contribution in [0.15, 0.2) is 24.3 Å². The summed E-state index contributed by atoms with van der Waals surface area (Å²) >= 11 is 0. The Hall–Kier alpha value is -1.89. The first kappa shape index (κ1) is 18.4. The Morgan fingerprint density at radius 1 is 1.29 bits per heavy atom. The van der Waals surface area contributed by atoms with Gasteiger partial charge in [-0.3, -0.25) is 9.69 Å². The van der Waals surface area contributed by atoms with Gasteiger partial charge in [0.15, 0.2) is 0 Å². The number of halogens is 1. The summed E-state index contributed by atoms with van der Waals surface area (Å²) in [4.78, 5) is 26.8.